The van der Waals surface area contributed by atoms with E-state index in [1.165, 1.54) is 12.1 Å². The SMILES string of the molecule is COc1ccc(OCCC(N)Cc2ccc(F)cc2)cc1. The maximum Gasteiger partial charge on any atom is 0.123 e. The van der Waals surface area contributed by atoms with Crippen LogP contribution in [0.15, 0.2) is 48.5 Å². The van der Waals surface area contributed by atoms with E-state index in [2.05, 4.69) is 0 Å². The molecule has 2 aromatic rings. The average Bonchev–Trinajstić information content (AvgIpc) is 2.50. The van der Waals surface area contributed by atoms with Crippen molar-refractivity contribution >= 4 is 0 Å². The van der Waals surface area contributed by atoms with Gasteiger partial charge in [0.1, 0.15) is 17.3 Å². The highest BCUT2D eigenvalue weighted by Crippen LogP contribution is 2.17. The first-order valence-corrected chi connectivity index (χ1v) is 6.94. The Morgan fingerprint density at radius 2 is 1.62 bits per heavy atom. The first-order chi connectivity index (χ1) is 10.2. The molecular formula is C17H20FNO2. The minimum absolute atomic E-state index is 0.00582. The Labute approximate surface area is 124 Å². The van der Waals surface area contributed by atoms with Gasteiger partial charge in [-0.3, -0.25) is 0 Å². The number of ether oxygens (including phenoxy) is 2. The third kappa shape index (κ3) is 5.08. The number of halogens is 1. The van der Waals surface area contributed by atoms with Gasteiger partial charge >= 0.3 is 0 Å². The third-order valence-electron chi connectivity index (χ3n) is 3.23. The minimum Gasteiger partial charge on any atom is -0.497 e. The van der Waals surface area contributed by atoms with Gasteiger partial charge in [-0.05, 0) is 54.8 Å². The Morgan fingerprint density at radius 1 is 1.00 bits per heavy atom. The molecule has 2 rings (SSSR count). The summed E-state index contributed by atoms with van der Waals surface area (Å²) in [5.41, 5.74) is 7.10. The van der Waals surface area contributed by atoms with Crippen LogP contribution in [-0.2, 0) is 6.42 Å². The lowest BCUT2D eigenvalue weighted by Gasteiger charge is -2.13. The van der Waals surface area contributed by atoms with Gasteiger partial charge in [0, 0.05) is 6.04 Å². The van der Waals surface area contributed by atoms with Gasteiger partial charge in [-0.2, -0.15) is 0 Å². The molecule has 0 saturated carbocycles. The van der Waals surface area contributed by atoms with Crippen molar-refractivity contribution < 1.29 is 13.9 Å². The van der Waals surface area contributed by atoms with E-state index in [4.69, 9.17) is 15.2 Å². The number of rotatable bonds is 7. The zero-order valence-corrected chi connectivity index (χ0v) is 12.1. The molecule has 2 aromatic carbocycles. The molecule has 3 nitrogen and oxygen atoms in total. The molecule has 0 bridgehead atoms. The fourth-order valence-corrected chi connectivity index (χ4v) is 2.03. The largest absolute Gasteiger partial charge is 0.497 e. The van der Waals surface area contributed by atoms with E-state index < -0.39 is 0 Å². The quantitative estimate of drug-likeness (QED) is 0.851. The van der Waals surface area contributed by atoms with E-state index in [1.807, 2.05) is 24.3 Å². The molecule has 0 spiro atoms. The highest BCUT2D eigenvalue weighted by Gasteiger charge is 2.05. The first-order valence-electron chi connectivity index (χ1n) is 6.94. The fourth-order valence-electron chi connectivity index (χ4n) is 2.03. The van der Waals surface area contributed by atoms with E-state index >= 15 is 0 Å². The van der Waals surface area contributed by atoms with Crippen molar-refractivity contribution in [3.63, 3.8) is 0 Å². The summed E-state index contributed by atoms with van der Waals surface area (Å²) in [5.74, 6) is 1.37. The van der Waals surface area contributed by atoms with Crippen molar-refractivity contribution in [2.45, 2.75) is 18.9 Å². The van der Waals surface area contributed by atoms with Gasteiger partial charge in [-0.1, -0.05) is 12.1 Å². The second-order valence-corrected chi connectivity index (χ2v) is 4.90. The van der Waals surface area contributed by atoms with Crippen LogP contribution in [0.1, 0.15) is 12.0 Å². The van der Waals surface area contributed by atoms with E-state index in [0.717, 1.165) is 23.5 Å². The lowest BCUT2D eigenvalue weighted by atomic mass is 10.0. The van der Waals surface area contributed by atoms with Gasteiger partial charge in [0.05, 0.1) is 13.7 Å². The maximum atomic E-state index is 12.8. The standard InChI is InChI=1S/C17H20FNO2/c1-20-16-6-8-17(9-7-16)21-11-10-15(19)12-13-2-4-14(18)5-3-13/h2-9,15H,10-12,19H2,1H3. The molecule has 0 saturated heterocycles. The molecule has 112 valence electrons. The van der Waals surface area contributed by atoms with Crippen LogP contribution < -0.4 is 15.2 Å². The van der Waals surface area contributed by atoms with Crippen molar-refractivity contribution in [1.29, 1.82) is 0 Å². The topological polar surface area (TPSA) is 44.5 Å². The van der Waals surface area contributed by atoms with Gasteiger partial charge in [0.15, 0.2) is 0 Å². The second kappa shape index (κ2) is 7.64. The average molecular weight is 289 g/mol. The summed E-state index contributed by atoms with van der Waals surface area (Å²) in [7, 11) is 1.63. The Balaban J connectivity index is 1.73. The molecule has 0 fully saturated rings. The first kappa shape index (κ1) is 15.3. The normalized spacial score (nSPS) is 12.0. The molecule has 2 N–H and O–H groups in total. The molecule has 0 aliphatic carbocycles. The number of methoxy groups -OCH3 is 1. The predicted octanol–water partition coefficient (Wildman–Crippen LogP) is 3.17. The number of benzene rings is 2. The smallest absolute Gasteiger partial charge is 0.123 e. The summed E-state index contributed by atoms with van der Waals surface area (Å²) in [6, 6.07) is 13.9. The summed E-state index contributed by atoms with van der Waals surface area (Å²) in [6.07, 6.45) is 1.45. The summed E-state index contributed by atoms with van der Waals surface area (Å²) >= 11 is 0. The van der Waals surface area contributed by atoms with Crippen LogP contribution in [0.5, 0.6) is 11.5 Å². The third-order valence-corrected chi connectivity index (χ3v) is 3.23. The zero-order chi connectivity index (χ0) is 15.1. The molecule has 0 heterocycles. The van der Waals surface area contributed by atoms with Crippen LogP contribution in [0.4, 0.5) is 4.39 Å². The Bertz CT molecular complexity index is 540. The van der Waals surface area contributed by atoms with Crippen molar-refractivity contribution in [3.8, 4) is 11.5 Å². The molecule has 0 aliphatic heterocycles. The van der Waals surface area contributed by atoms with Crippen molar-refractivity contribution in [3.05, 3.63) is 59.9 Å². The summed E-state index contributed by atoms with van der Waals surface area (Å²) in [5, 5.41) is 0. The predicted molar refractivity (Wildman–Crippen MR) is 81.2 cm³/mol. The van der Waals surface area contributed by atoms with E-state index in [9.17, 15) is 4.39 Å². The van der Waals surface area contributed by atoms with Crippen LogP contribution in [-0.4, -0.2) is 19.8 Å². The van der Waals surface area contributed by atoms with Gasteiger partial charge in [-0.15, -0.1) is 0 Å². The van der Waals surface area contributed by atoms with E-state index in [-0.39, 0.29) is 11.9 Å². The molecule has 1 unspecified atom stereocenters. The highest BCUT2D eigenvalue weighted by molar-refractivity contribution is 5.31. The lowest BCUT2D eigenvalue weighted by molar-refractivity contribution is 0.296. The van der Waals surface area contributed by atoms with Crippen LogP contribution in [0, 0.1) is 5.82 Å². The van der Waals surface area contributed by atoms with E-state index in [1.54, 1.807) is 19.2 Å². The van der Waals surface area contributed by atoms with Gasteiger partial charge in [0.25, 0.3) is 0 Å². The van der Waals surface area contributed by atoms with Gasteiger partial charge < -0.3 is 15.2 Å². The Morgan fingerprint density at radius 3 is 2.24 bits per heavy atom. The molecular weight excluding hydrogens is 269 g/mol. The lowest BCUT2D eigenvalue weighted by Crippen LogP contribution is -2.25. The number of hydrogen-bond donors (Lipinski definition) is 1. The van der Waals surface area contributed by atoms with Gasteiger partial charge in [0.2, 0.25) is 0 Å². The van der Waals surface area contributed by atoms with Crippen LogP contribution in [0.2, 0.25) is 0 Å². The molecule has 0 amide bonds. The number of hydrogen-bond acceptors (Lipinski definition) is 3. The second-order valence-electron chi connectivity index (χ2n) is 4.90. The molecule has 0 aromatic heterocycles. The highest BCUT2D eigenvalue weighted by atomic mass is 19.1. The van der Waals surface area contributed by atoms with E-state index in [0.29, 0.717) is 13.0 Å². The minimum atomic E-state index is -0.227. The zero-order valence-electron chi connectivity index (χ0n) is 12.1. The summed E-state index contributed by atoms with van der Waals surface area (Å²) in [4.78, 5) is 0. The Hall–Kier alpha value is -2.07. The molecule has 1 atom stereocenters. The van der Waals surface area contributed by atoms with Gasteiger partial charge in [-0.25, -0.2) is 4.39 Å². The van der Waals surface area contributed by atoms with Crippen LogP contribution in [0.3, 0.4) is 0 Å². The molecule has 0 aliphatic rings. The Kier molecular flexibility index (Phi) is 5.58. The van der Waals surface area contributed by atoms with Crippen LogP contribution in [0.25, 0.3) is 0 Å². The molecule has 0 radical (unpaired) electrons. The molecule has 21 heavy (non-hydrogen) atoms. The maximum absolute atomic E-state index is 12.8. The number of nitrogens with two attached hydrogens (primary N) is 1. The van der Waals surface area contributed by atoms with Crippen LogP contribution >= 0.6 is 0 Å². The fraction of sp³-hybridized carbons (Fsp3) is 0.294. The van der Waals surface area contributed by atoms with Crippen molar-refractivity contribution in [2.24, 2.45) is 5.73 Å². The summed E-state index contributed by atoms with van der Waals surface area (Å²) < 4.78 is 23.5. The molecule has 4 heteroatoms. The monoisotopic (exact) mass is 289 g/mol. The summed E-state index contributed by atoms with van der Waals surface area (Å²) in [6.45, 7) is 0.550. The van der Waals surface area contributed by atoms with Crippen molar-refractivity contribution in [2.75, 3.05) is 13.7 Å². The van der Waals surface area contributed by atoms with Crippen molar-refractivity contribution in [1.82, 2.24) is 0 Å².